The average Bonchev–Trinajstić information content (AvgIpc) is 2.28. The quantitative estimate of drug-likeness (QED) is 0.860. The van der Waals surface area contributed by atoms with Crippen LogP contribution < -0.4 is 4.90 Å². The van der Waals surface area contributed by atoms with Gasteiger partial charge < -0.3 is 14.7 Å². The lowest BCUT2D eigenvalue weighted by molar-refractivity contribution is 0.0531. The summed E-state index contributed by atoms with van der Waals surface area (Å²) in [6, 6.07) is 5.64. The van der Waals surface area contributed by atoms with E-state index in [4.69, 9.17) is 16.3 Å². The lowest BCUT2D eigenvalue weighted by Gasteiger charge is -2.34. The van der Waals surface area contributed by atoms with E-state index < -0.39 is 0 Å². The Hall–Kier alpha value is -0.770. The molecular formula is C12H16ClNO2. The van der Waals surface area contributed by atoms with Gasteiger partial charge >= 0.3 is 0 Å². The summed E-state index contributed by atoms with van der Waals surface area (Å²) in [4.78, 5) is 2.23. The Balaban J connectivity index is 2.24. The van der Waals surface area contributed by atoms with E-state index in [0.717, 1.165) is 30.9 Å². The Kier molecular flexibility index (Phi) is 3.69. The van der Waals surface area contributed by atoms with Gasteiger partial charge in [0.1, 0.15) is 0 Å². The highest BCUT2D eigenvalue weighted by Crippen LogP contribution is 2.26. The highest BCUT2D eigenvalue weighted by atomic mass is 35.5. The van der Waals surface area contributed by atoms with E-state index in [1.165, 1.54) is 0 Å². The van der Waals surface area contributed by atoms with Crippen LogP contribution in [-0.4, -0.2) is 30.9 Å². The zero-order valence-electron chi connectivity index (χ0n) is 9.32. The molecule has 2 rings (SSSR count). The maximum atomic E-state index is 9.32. The molecule has 1 aromatic carbocycles. The standard InChI is InChI=1S/C12H16ClNO2/c1-9-7-14(4-5-16-9)12-3-2-11(13)6-10(12)8-15/h2-3,6,9,15H,4-5,7-8H2,1H3. The number of nitrogens with zero attached hydrogens (tertiary/aromatic N) is 1. The second kappa shape index (κ2) is 5.04. The van der Waals surface area contributed by atoms with Crippen LogP contribution in [0.1, 0.15) is 12.5 Å². The van der Waals surface area contributed by atoms with E-state index in [2.05, 4.69) is 11.8 Å². The van der Waals surface area contributed by atoms with Crippen LogP contribution in [0.4, 0.5) is 5.69 Å². The summed E-state index contributed by atoms with van der Waals surface area (Å²) < 4.78 is 5.50. The summed E-state index contributed by atoms with van der Waals surface area (Å²) in [7, 11) is 0. The van der Waals surface area contributed by atoms with Crippen LogP contribution in [0.2, 0.25) is 5.02 Å². The van der Waals surface area contributed by atoms with E-state index in [-0.39, 0.29) is 12.7 Å². The summed E-state index contributed by atoms with van der Waals surface area (Å²) in [6.07, 6.45) is 0.232. The van der Waals surface area contributed by atoms with Crippen LogP contribution in [0, 0.1) is 0 Å². The maximum absolute atomic E-state index is 9.32. The first-order valence-electron chi connectivity index (χ1n) is 5.46. The fourth-order valence-electron chi connectivity index (χ4n) is 2.03. The molecule has 0 radical (unpaired) electrons. The molecule has 1 saturated heterocycles. The van der Waals surface area contributed by atoms with Gasteiger partial charge in [0.25, 0.3) is 0 Å². The van der Waals surface area contributed by atoms with Crippen molar-refractivity contribution in [3.63, 3.8) is 0 Å². The molecule has 0 amide bonds. The van der Waals surface area contributed by atoms with Crippen molar-refractivity contribution < 1.29 is 9.84 Å². The minimum atomic E-state index is 0.0155. The average molecular weight is 242 g/mol. The molecule has 1 atom stereocenters. The highest BCUT2D eigenvalue weighted by molar-refractivity contribution is 6.30. The summed E-state index contributed by atoms with van der Waals surface area (Å²) in [5.74, 6) is 0. The van der Waals surface area contributed by atoms with E-state index in [0.29, 0.717) is 5.02 Å². The Labute approximate surface area is 101 Å². The summed E-state index contributed by atoms with van der Waals surface area (Å²) in [6.45, 7) is 4.52. The highest BCUT2D eigenvalue weighted by Gasteiger charge is 2.19. The molecule has 0 saturated carbocycles. The molecule has 0 aromatic heterocycles. The first-order valence-corrected chi connectivity index (χ1v) is 5.84. The molecule has 0 bridgehead atoms. The zero-order chi connectivity index (χ0) is 11.5. The van der Waals surface area contributed by atoms with Gasteiger partial charge in [0.2, 0.25) is 0 Å². The van der Waals surface area contributed by atoms with Gasteiger partial charge in [-0.1, -0.05) is 11.6 Å². The molecule has 1 heterocycles. The lowest BCUT2D eigenvalue weighted by atomic mass is 10.1. The number of ether oxygens (including phenoxy) is 1. The fourth-order valence-corrected chi connectivity index (χ4v) is 2.22. The number of halogens is 1. The molecule has 1 aliphatic heterocycles. The van der Waals surface area contributed by atoms with Crippen molar-refractivity contribution in [2.24, 2.45) is 0 Å². The molecule has 1 fully saturated rings. The molecule has 1 aliphatic rings. The van der Waals surface area contributed by atoms with Crippen LogP contribution in [0.5, 0.6) is 0 Å². The zero-order valence-corrected chi connectivity index (χ0v) is 10.1. The van der Waals surface area contributed by atoms with Crippen molar-refractivity contribution in [1.29, 1.82) is 0 Å². The fraction of sp³-hybridized carbons (Fsp3) is 0.500. The predicted octanol–water partition coefficient (Wildman–Crippen LogP) is 2.06. The van der Waals surface area contributed by atoms with E-state index in [1.807, 2.05) is 18.2 Å². The second-order valence-corrected chi connectivity index (χ2v) is 4.50. The number of aliphatic hydroxyl groups excluding tert-OH is 1. The van der Waals surface area contributed by atoms with E-state index in [1.54, 1.807) is 0 Å². The third kappa shape index (κ3) is 2.48. The van der Waals surface area contributed by atoms with Gasteiger partial charge in [0.05, 0.1) is 19.3 Å². The third-order valence-electron chi connectivity index (χ3n) is 2.79. The van der Waals surface area contributed by atoms with Crippen LogP contribution in [0.15, 0.2) is 18.2 Å². The van der Waals surface area contributed by atoms with Gasteiger partial charge in [-0.05, 0) is 25.1 Å². The number of benzene rings is 1. The van der Waals surface area contributed by atoms with Crippen LogP contribution in [-0.2, 0) is 11.3 Å². The van der Waals surface area contributed by atoms with Crippen molar-refractivity contribution in [1.82, 2.24) is 0 Å². The minimum Gasteiger partial charge on any atom is -0.392 e. The normalized spacial score (nSPS) is 21.2. The molecule has 0 spiro atoms. The Morgan fingerprint density at radius 1 is 1.56 bits per heavy atom. The van der Waals surface area contributed by atoms with Crippen LogP contribution in [0.3, 0.4) is 0 Å². The predicted molar refractivity (Wildman–Crippen MR) is 65.0 cm³/mol. The van der Waals surface area contributed by atoms with Crippen molar-refractivity contribution in [2.75, 3.05) is 24.6 Å². The van der Waals surface area contributed by atoms with Crippen molar-refractivity contribution in [2.45, 2.75) is 19.6 Å². The second-order valence-electron chi connectivity index (χ2n) is 4.06. The number of morpholine rings is 1. The smallest absolute Gasteiger partial charge is 0.0722 e. The number of aliphatic hydroxyl groups is 1. The molecule has 88 valence electrons. The number of hydrogen-bond donors (Lipinski definition) is 1. The Bertz CT molecular complexity index is 370. The molecule has 0 aliphatic carbocycles. The first kappa shape index (κ1) is 11.7. The van der Waals surface area contributed by atoms with Crippen LogP contribution >= 0.6 is 11.6 Å². The van der Waals surface area contributed by atoms with E-state index >= 15 is 0 Å². The Morgan fingerprint density at radius 2 is 2.38 bits per heavy atom. The number of anilines is 1. The lowest BCUT2D eigenvalue weighted by Crippen LogP contribution is -2.41. The van der Waals surface area contributed by atoms with E-state index in [9.17, 15) is 5.11 Å². The van der Waals surface area contributed by atoms with Gasteiger partial charge in [-0.25, -0.2) is 0 Å². The monoisotopic (exact) mass is 241 g/mol. The minimum absolute atomic E-state index is 0.0155. The first-order chi connectivity index (χ1) is 7.70. The van der Waals surface area contributed by atoms with Gasteiger partial charge in [-0.2, -0.15) is 0 Å². The molecular weight excluding hydrogens is 226 g/mol. The van der Waals surface area contributed by atoms with Crippen molar-refractivity contribution >= 4 is 17.3 Å². The summed E-state index contributed by atoms with van der Waals surface area (Å²) >= 11 is 5.91. The third-order valence-corrected chi connectivity index (χ3v) is 3.03. The number of hydrogen-bond acceptors (Lipinski definition) is 3. The Morgan fingerprint density at radius 3 is 3.06 bits per heavy atom. The summed E-state index contributed by atoms with van der Waals surface area (Å²) in [5.41, 5.74) is 1.93. The van der Waals surface area contributed by atoms with Gasteiger partial charge in [0, 0.05) is 29.4 Å². The molecule has 4 heteroatoms. The molecule has 3 nitrogen and oxygen atoms in total. The maximum Gasteiger partial charge on any atom is 0.0722 e. The molecule has 1 N–H and O–H groups in total. The SMILES string of the molecule is CC1CN(c2ccc(Cl)cc2CO)CCO1. The topological polar surface area (TPSA) is 32.7 Å². The molecule has 1 aromatic rings. The van der Waals surface area contributed by atoms with Crippen molar-refractivity contribution in [3.8, 4) is 0 Å². The summed E-state index contributed by atoms with van der Waals surface area (Å²) in [5, 5.41) is 9.98. The number of rotatable bonds is 2. The molecule has 16 heavy (non-hydrogen) atoms. The van der Waals surface area contributed by atoms with Gasteiger partial charge in [0.15, 0.2) is 0 Å². The van der Waals surface area contributed by atoms with Crippen LogP contribution in [0.25, 0.3) is 0 Å². The molecule has 1 unspecified atom stereocenters. The van der Waals surface area contributed by atoms with Crippen molar-refractivity contribution in [3.05, 3.63) is 28.8 Å². The largest absolute Gasteiger partial charge is 0.392 e. The van der Waals surface area contributed by atoms with Gasteiger partial charge in [-0.3, -0.25) is 0 Å². The van der Waals surface area contributed by atoms with Gasteiger partial charge in [-0.15, -0.1) is 0 Å².